The molecule has 8 nitrogen and oxygen atoms in total. The topological polar surface area (TPSA) is 98.8 Å². The number of aromatic nitrogens is 1. The van der Waals surface area contributed by atoms with Crippen LogP contribution in [0.5, 0.6) is 17.2 Å². The molecule has 198 valence electrons. The number of hydrogen-bond acceptors (Lipinski definition) is 7. The van der Waals surface area contributed by atoms with Gasteiger partial charge in [-0.05, 0) is 68.1 Å². The van der Waals surface area contributed by atoms with E-state index in [9.17, 15) is 9.59 Å². The fraction of sp³-hybridized carbons (Fsp3) is 0.276. The maximum Gasteiger partial charge on any atom is 0.255 e. The van der Waals surface area contributed by atoms with Crippen molar-refractivity contribution in [3.05, 3.63) is 70.3 Å². The number of rotatable bonds is 9. The van der Waals surface area contributed by atoms with Crippen LogP contribution in [0.1, 0.15) is 39.0 Å². The third-order valence-electron chi connectivity index (χ3n) is 6.22. The number of anilines is 2. The van der Waals surface area contributed by atoms with Crippen molar-refractivity contribution in [3.8, 4) is 17.2 Å². The highest BCUT2D eigenvalue weighted by atomic mass is 32.1. The molecule has 1 heterocycles. The number of carbonyl (C=O) groups is 2. The highest BCUT2D eigenvalue weighted by Gasteiger charge is 2.18. The minimum atomic E-state index is -0.190. The van der Waals surface area contributed by atoms with Crippen LogP contribution >= 0.6 is 11.3 Å². The molecule has 0 fully saturated rings. The number of carbonyl (C=O) groups excluding carboxylic acids is 2. The van der Waals surface area contributed by atoms with Gasteiger partial charge in [0.25, 0.3) is 5.91 Å². The van der Waals surface area contributed by atoms with E-state index in [1.54, 1.807) is 45.6 Å². The van der Waals surface area contributed by atoms with Crippen LogP contribution < -0.4 is 24.8 Å². The first kappa shape index (κ1) is 26.9. The van der Waals surface area contributed by atoms with Gasteiger partial charge in [-0.3, -0.25) is 9.59 Å². The Hall–Kier alpha value is -4.11. The molecule has 9 heteroatoms. The molecule has 0 aliphatic heterocycles. The summed E-state index contributed by atoms with van der Waals surface area (Å²) in [5.41, 5.74) is 6.09. The quantitative estimate of drug-likeness (QED) is 0.271. The average Bonchev–Trinajstić information content (AvgIpc) is 3.29. The van der Waals surface area contributed by atoms with E-state index in [1.807, 2.05) is 39.0 Å². The van der Waals surface area contributed by atoms with Crippen molar-refractivity contribution in [3.63, 3.8) is 0 Å². The Balaban J connectivity index is 1.44. The molecular formula is C29H31N3O5S. The molecule has 4 aromatic rings. The van der Waals surface area contributed by atoms with Gasteiger partial charge >= 0.3 is 0 Å². The van der Waals surface area contributed by atoms with Crippen LogP contribution in [0.2, 0.25) is 0 Å². The average molecular weight is 534 g/mol. The molecule has 2 N–H and O–H groups in total. The van der Waals surface area contributed by atoms with Crippen LogP contribution in [0.25, 0.3) is 10.2 Å². The normalized spacial score (nSPS) is 10.8. The van der Waals surface area contributed by atoms with Crippen molar-refractivity contribution in [2.24, 2.45) is 0 Å². The van der Waals surface area contributed by atoms with Crippen LogP contribution in [-0.4, -0.2) is 38.1 Å². The lowest BCUT2D eigenvalue weighted by atomic mass is 10.0. The summed E-state index contributed by atoms with van der Waals surface area (Å²) in [4.78, 5) is 30.2. The van der Waals surface area contributed by atoms with Crippen LogP contribution in [-0.2, 0) is 11.2 Å². The Kier molecular flexibility index (Phi) is 8.16. The summed E-state index contributed by atoms with van der Waals surface area (Å²) in [6.45, 7) is 6.00. The lowest BCUT2D eigenvalue weighted by Crippen LogP contribution is -2.13. The molecule has 0 aliphatic carbocycles. The van der Waals surface area contributed by atoms with E-state index < -0.39 is 0 Å². The van der Waals surface area contributed by atoms with E-state index in [0.717, 1.165) is 32.6 Å². The zero-order valence-corrected chi connectivity index (χ0v) is 23.2. The Morgan fingerprint density at radius 3 is 2.24 bits per heavy atom. The first-order valence-electron chi connectivity index (χ1n) is 12.1. The molecule has 38 heavy (non-hydrogen) atoms. The third kappa shape index (κ3) is 5.73. The summed E-state index contributed by atoms with van der Waals surface area (Å²) >= 11 is 1.33. The van der Waals surface area contributed by atoms with Gasteiger partial charge in [0.05, 0.1) is 31.5 Å². The molecule has 0 spiro atoms. The molecule has 3 aromatic carbocycles. The van der Waals surface area contributed by atoms with E-state index in [4.69, 9.17) is 14.2 Å². The predicted molar refractivity (Wildman–Crippen MR) is 151 cm³/mol. The van der Waals surface area contributed by atoms with E-state index in [0.29, 0.717) is 39.9 Å². The SMILES string of the molecule is COc1ccc(CCC(=O)Nc2nc3ccc(C(=O)Nc4c(C)cc(C)cc4C)cc3s2)c(OC)c1OC. The first-order valence-corrected chi connectivity index (χ1v) is 12.9. The van der Waals surface area contributed by atoms with Crippen molar-refractivity contribution in [2.45, 2.75) is 33.6 Å². The lowest BCUT2D eigenvalue weighted by Gasteiger charge is -2.15. The van der Waals surface area contributed by atoms with Gasteiger partial charge in [0.1, 0.15) is 0 Å². The number of aryl methyl sites for hydroxylation is 4. The van der Waals surface area contributed by atoms with Gasteiger partial charge in [-0.2, -0.15) is 0 Å². The smallest absolute Gasteiger partial charge is 0.255 e. The molecule has 0 saturated carbocycles. The Morgan fingerprint density at radius 1 is 0.868 bits per heavy atom. The number of fused-ring (bicyclic) bond motifs is 1. The molecular weight excluding hydrogens is 502 g/mol. The minimum absolute atomic E-state index is 0.177. The molecule has 0 atom stereocenters. The minimum Gasteiger partial charge on any atom is -0.493 e. The van der Waals surface area contributed by atoms with Crippen LogP contribution in [0.4, 0.5) is 10.8 Å². The summed E-state index contributed by atoms with van der Waals surface area (Å²) < 4.78 is 17.1. The molecule has 0 radical (unpaired) electrons. The van der Waals surface area contributed by atoms with Crippen LogP contribution in [0.15, 0.2) is 42.5 Å². The first-order chi connectivity index (χ1) is 18.2. The van der Waals surface area contributed by atoms with Gasteiger partial charge in [-0.25, -0.2) is 4.98 Å². The molecule has 2 amide bonds. The van der Waals surface area contributed by atoms with Crippen molar-refractivity contribution >= 4 is 44.2 Å². The fourth-order valence-corrected chi connectivity index (χ4v) is 5.39. The molecule has 0 aliphatic rings. The van der Waals surface area contributed by atoms with E-state index in [2.05, 4.69) is 15.6 Å². The Bertz CT molecular complexity index is 1490. The van der Waals surface area contributed by atoms with Crippen molar-refractivity contribution in [1.29, 1.82) is 0 Å². The number of methoxy groups -OCH3 is 3. The van der Waals surface area contributed by atoms with Crippen molar-refractivity contribution in [2.75, 3.05) is 32.0 Å². The highest BCUT2D eigenvalue weighted by molar-refractivity contribution is 7.22. The second-order valence-electron chi connectivity index (χ2n) is 8.97. The van der Waals surface area contributed by atoms with Gasteiger partial charge in [0.15, 0.2) is 16.6 Å². The van der Waals surface area contributed by atoms with Gasteiger partial charge in [-0.1, -0.05) is 35.1 Å². The molecule has 0 saturated heterocycles. The van der Waals surface area contributed by atoms with Gasteiger partial charge in [0, 0.05) is 17.7 Å². The Morgan fingerprint density at radius 2 is 1.58 bits per heavy atom. The number of benzene rings is 3. The Labute approximate surface area is 226 Å². The molecule has 0 unspecified atom stereocenters. The zero-order chi connectivity index (χ0) is 27.4. The van der Waals surface area contributed by atoms with E-state index in [1.165, 1.54) is 11.3 Å². The summed E-state index contributed by atoms with van der Waals surface area (Å²) in [5.74, 6) is 1.23. The number of nitrogens with zero attached hydrogens (tertiary/aromatic N) is 1. The maximum atomic E-state index is 13.0. The summed E-state index contributed by atoms with van der Waals surface area (Å²) in [7, 11) is 4.66. The number of thiazole rings is 1. The van der Waals surface area contributed by atoms with E-state index in [-0.39, 0.29) is 18.2 Å². The van der Waals surface area contributed by atoms with Crippen LogP contribution in [0.3, 0.4) is 0 Å². The second-order valence-corrected chi connectivity index (χ2v) is 10.0. The van der Waals surface area contributed by atoms with Crippen molar-refractivity contribution < 1.29 is 23.8 Å². The summed E-state index contributed by atoms with van der Waals surface area (Å²) in [6, 6.07) is 13.1. The monoisotopic (exact) mass is 533 g/mol. The summed E-state index contributed by atoms with van der Waals surface area (Å²) in [5, 5.41) is 6.38. The largest absolute Gasteiger partial charge is 0.493 e. The maximum absolute atomic E-state index is 13.0. The van der Waals surface area contributed by atoms with Crippen molar-refractivity contribution in [1.82, 2.24) is 4.98 Å². The van der Waals surface area contributed by atoms with Gasteiger partial charge in [0.2, 0.25) is 11.7 Å². The van der Waals surface area contributed by atoms with Crippen LogP contribution in [0, 0.1) is 20.8 Å². The lowest BCUT2D eigenvalue weighted by molar-refractivity contribution is -0.116. The van der Waals surface area contributed by atoms with Gasteiger partial charge < -0.3 is 24.8 Å². The molecule has 4 rings (SSSR count). The number of ether oxygens (including phenoxy) is 3. The fourth-order valence-electron chi connectivity index (χ4n) is 4.47. The number of hydrogen-bond donors (Lipinski definition) is 2. The van der Waals surface area contributed by atoms with E-state index >= 15 is 0 Å². The molecule has 0 bridgehead atoms. The number of nitrogens with one attached hydrogen (secondary N) is 2. The van der Waals surface area contributed by atoms with Gasteiger partial charge in [-0.15, -0.1) is 0 Å². The number of amides is 2. The predicted octanol–water partition coefficient (Wildman–Crippen LogP) is 6.07. The summed E-state index contributed by atoms with van der Waals surface area (Å²) in [6.07, 6.45) is 0.674. The second kappa shape index (κ2) is 11.5. The standard InChI is InChI=1S/C29H31N3O5S/c1-16-13-17(2)25(18(3)14-16)32-28(34)20-7-10-21-23(15-20)38-29(30-21)31-24(33)12-9-19-8-11-22(35-4)27(37-6)26(19)36-5/h7-8,10-11,13-15H,9,12H2,1-6H3,(H,32,34)(H,30,31,33). The zero-order valence-electron chi connectivity index (χ0n) is 22.4. The highest BCUT2D eigenvalue weighted by Crippen LogP contribution is 2.40. The third-order valence-corrected chi connectivity index (χ3v) is 7.15. The molecule has 1 aromatic heterocycles.